The fourth-order valence-corrected chi connectivity index (χ4v) is 1.41. The topological polar surface area (TPSA) is 43.2 Å². The highest BCUT2D eigenvalue weighted by molar-refractivity contribution is 5.52. The van der Waals surface area contributed by atoms with Crippen LogP contribution in [0.2, 0.25) is 0 Å². The van der Waals surface area contributed by atoms with Crippen LogP contribution in [0.4, 0.5) is 11.4 Å². The predicted octanol–water partition coefficient (Wildman–Crippen LogP) is 3.32. The van der Waals surface area contributed by atoms with Gasteiger partial charge in [-0.15, -0.1) is 10.2 Å². The van der Waals surface area contributed by atoms with Crippen LogP contribution in [0, 0.1) is 0 Å². The zero-order valence-electron chi connectivity index (χ0n) is 12.7. The van der Waals surface area contributed by atoms with Gasteiger partial charge in [0.05, 0.1) is 5.69 Å². The largest absolute Gasteiger partial charge is 0.393 e. The van der Waals surface area contributed by atoms with E-state index >= 15 is 0 Å². The normalized spacial score (nSPS) is 11.0. The van der Waals surface area contributed by atoms with Crippen LogP contribution in [0.15, 0.2) is 59.3 Å². The molecule has 0 heterocycles. The van der Waals surface area contributed by atoms with Gasteiger partial charge in [0.2, 0.25) is 0 Å². The molecule has 1 rings (SSSR count). The molecule has 1 N–H and O–H groups in total. The lowest BCUT2D eigenvalue weighted by atomic mass is 10.2. The molecule has 0 radical (unpaired) electrons. The van der Waals surface area contributed by atoms with E-state index in [1.54, 1.807) is 11.1 Å². The van der Waals surface area contributed by atoms with Gasteiger partial charge in [-0.2, -0.15) is 0 Å². The molecule has 0 bridgehead atoms. The maximum atomic E-state index is 4.17. The molecule has 0 unspecified atom stereocenters. The summed E-state index contributed by atoms with van der Waals surface area (Å²) in [7, 11) is 5.76. The lowest BCUT2D eigenvalue weighted by Gasteiger charge is -2.16. The maximum absolute atomic E-state index is 4.17. The molecule has 0 saturated heterocycles. The van der Waals surface area contributed by atoms with E-state index in [0.717, 1.165) is 12.2 Å². The molecule has 0 fully saturated rings. The summed E-state index contributed by atoms with van der Waals surface area (Å²) in [6.45, 7) is 6.95. The quantitative estimate of drug-likeness (QED) is 0.775. The Labute approximate surface area is 121 Å². The van der Waals surface area contributed by atoms with Crippen molar-refractivity contribution in [3.05, 3.63) is 49.1 Å². The zero-order chi connectivity index (χ0) is 15.0. The molecule has 0 atom stereocenters. The third kappa shape index (κ3) is 4.76. The van der Waals surface area contributed by atoms with Gasteiger partial charge in [0.25, 0.3) is 0 Å². The second kappa shape index (κ2) is 7.99. The summed E-state index contributed by atoms with van der Waals surface area (Å²) in [5, 5.41) is 11.2. The Bertz CT molecular complexity index is 476. The smallest absolute Gasteiger partial charge is 0.147 e. The van der Waals surface area contributed by atoms with Gasteiger partial charge >= 0.3 is 0 Å². The Kier molecular flexibility index (Phi) is 6.29. The number of benzene rings is 1. The summed E-state index contributed by atoms with van der Waals surface area (Å²) in [4.78, 5) is 3.95. The van der Waals surface area contributed by atoms with Crippen molar-refractivity contribution >= 4 is 11.4 Å². The third-order valence-electron chi connectivity index (χ3n) is 2.92. The average Bonchev–Trinajstić information content (AvgIpc) is 2.49. The van der Waals surface area contributed by atoms with E-state index in [4.69, 9.17) is 0 Å². The minimum Gasteiger partial charge on any atom is -0.393 e. The van der Waals surface area contributed by atoms with Gasteiger partial charge in [0.1, 0.15) is 5.82 Å². The molecule has 0 aliphatic carbocycles. The molecule has 0 aromatic heterocycles. The molecule has 20 heavy (non-hydrogen) atoms. The number of hydrogen-bond donors (Lipinski definition) is 1. The summed E-state index contributed by atoms with van der Waals surface area (Å²) >= 11 is 0. The third-order valence-corrected chi connectivity index (χ3v) is 2.92. The van der Waals surface area contributed by atoms with E-state index in [1.807, 2.05) is 44.6 Å². The average molecular weight is 273 g/mol. The van der Waals surface area contributed by atoms with Gasteiger partial charge in [-0.1, -0.05) is 6.58 Å². The fraction of sp³-hybridized carbons (Fsp3) is 0.333. The second-order valence-electron chi connectivity index (χ2n) is 4.36. The first kappa shape index (κ1) is 15.8. The van der Waals surface area contributed by atoms with Gasteiger partial charge in [0, 0.05) is 45.8 Å². The molecule has 0 amide bonds. The fourth-order valence-electron chi connectivity index (χ4n) is 1.41. The number of nitrogens with one attached hydrogen (secondary N) is 1. The molecule has 1 aromatic carbocycles. The first-order valence-electron chi connectivity index (χ1n) is 6.57. The van der Waals surface area contributed by atoms with Crippen LogP contribution < -0.4 is 10.2 Å². The van der Waals surface area contributed by atoms with Gasteiger partial charge in [-0.05, 0) is 31.2 Å². The molecule has 108 valence electrons. The molecule has 0 aliphatic rings. The number of rotatable bonds is 7. The number of nitrogens with zero attached hydrogens (tertiary/aromatic N) is 4. The van der Waals surface area contributed by atoms with E-state index < -0.39 is 0 Å². The minimum absolute atomic E-state index is 0.575. The van der Waals surface area contributed by atoms with Crippen LogP contribution in [-0.4, -0.2) is 32.6 Å². The van der Waals surface area contributed by atoms with Crippen molar-refractivity contribution in [1.82, 2.24) is 10.2 Å². The van der Waals surface area contributed by atoms with Crippen molar-refractivity contribution in [1.29, 1.82) is 0 Å². The Morgan fingerprint density at radius 1 is 1.30 bits per heavy atom. The summed E-state index contributed by atoms with van der Waals surface area (Å²) in [6, 6.07) is 7.96. The lowest BCUT2D eigenvalue weighted by molar-refractivity contribution is 0.553. The number of hydrogen-bond acceptors (Lipinski definition) is 5. The molecular formula is C15H23N5. The summed E-state index contributed by atoms with van der Waals surface area (Å²) in [5.74, 6) is 0.575. The first-order chi connectivity index (χ1) is 9.58. The van der Waals surface area contributed by atoms with E-state index in [1.165, 1.54) is 5.69 Å². The molecule has 1 aromatic rings. The highest BCUT2D eigenvalue weighted by atomic mass is 15.3. The van der Waals surface area contributed by atoms with Gasteiger partial charge in [-0.25, -0.2) is 0 Å². The van der Waals surface area contributed by atoms with Crippen LogP contribution in [-0.2, 0) is 0 Å². The maximum Gasteiger partial charge on any atom is 0.147 e. The van der Waals surface area contributed by atoms with E-state index in [2.05, 4.69) is 41.0 Å². The lowest BCUT2D eigenvalue weighted by Crippen LogP contribution is -2.15. The van der Waals surface area contributed by atoms with E-state index in [0.29, 0.717) is 5.82 Å². The van der Waals surface area contributed by atoms with Crippen LogP contribution in [0.3, 0.4) is 0 Å². The standard InChI is InChI=1S/C15H23N5/c1-6-19(4)15-9-7-14(8-10-15)18-17-13(2)20(5)12-11-16-3/h7-12,16H,2,6H2,1,3-5H3. The Morgan fingerprint density at radius 3 is 2.50 bits per heavy atom. The second-order valence-corrected chi connectivity index (χ2v) is 4.36. The molecule has 0 spiro atoms. The molecule has 5 heteroatoms. The summed E-state index contributed by atoms with van der Waals surface area (Å²) in [6.07, 6.45) is 3.64. The summed E-state index contributed by atoms with van der Waals surface area (Å²) in [5.41, 5.74) is 1.98. The monoisotopic (exact) mass is 273 g/mol. The number of azo groups is 1. The van der Waals surface area contributed by atoms with Gasteiger partial charge < -0.3 is 15.1 Å². The first-order valence-corrected chi connectivity index (χ1v) is 6.57. The van der Waals surface area contributed by atoms with Crippen LogP contribution in [0.1, 0.15) is 6.92 Å². The number of anilines is 1. The van der Waals surface area contributed by atoms with Crippen LogP contribution in [0.5, 0.6) is 0 Å². The summed E-state index contributed by atoms with van der Waals surface area (Å²) < 4.78 is 0. The van der Waals surface area contributed by atoms with Gasteiger partial charge in [0.15, 0.2) is 0 Å². The highest BCUT2D eigenvalue weighted by Crippen LogP contribution is 2.19. The zero-order valence-corrected chi connectivity index (χ0v) is 12.7. The molecule has 0 saturated carbocycles. The predicted molar refractivity (Wildman–Crippen MR) is 85.0 cm³/mol. The van der Waals surface area contributed by atoms with Crippen molar-refractivity contribution in [2.24, 2.45) is 10.2 Å². The molecule has 5 nitrogen and oxygen atoms in total. The minimum atomic E-state index is 0.575. The highest BCUT2D eigenvalue weighted by Gasteiger charge is 1.98. The van der Waals surface area contributed by atoms with E-state index in [-0.39, 0.29) is 0 Å². The SMILES string of the molecule is C=C(N=Nc1ccc(N(C)CC)cc1)N(C)C=CNC. The van der Waals surface area contributed by atoms with Crippen molar-refractivity contribution in [2.45, 2.75) is 6.92 Å². The van der Waals surface area contributed by atoms with Crippen molar-refractivity contribution in [2.75, 3.05) is 32.6 Å². The van der Waals surface area contributed by atoms with E-state index in [9.17, 15) is 0 Å². The van der Waals surface area contributed by atoms with Crippen molar-refractivity contribution in [3.63, 3.8) is 0 Å². The molecule has 0 aliphatic heterocycles. The Balaban J connectivity index is 2.66. The Hall–Kier alpha value is -2.30. The van der Waals surface area contributed by atoms with Crippen LogP contribution in [0.25, 0.3) is 0 Å². The Morgan fingerprint density at radius 2 is 1.95 bits per heavy atom. The van der Waals surface area contributed by atoms with Crippen molar-refractivity contribution in [3.8, 4) is 0 Å². The molecular weight excluding hydrogens is 250 g/mol. The van der Waals surface area contributed by atoms with Gasteiger partial charge in [-0.3, -0.25) is 0 Å². The van der Waals surface area contributed by atoms with Crippen LogP contribution >= 0.6 is 0 Å². The van der Waals surface area contributed by atoms with Crippen molar-refractivity contribution < 1.29 is 0 Å².